The largest absolute Gasteiger partial charge is 0.354 e. The van der Waals surface area contributed by atoms with Gasteiger partial charge in [0.2, 0.25) is 11.2 Å². The smallest absolute Gasteiger partial charge is 0.228 e. The molecule has 0 aliphatic heterocycles. The highest BCUT2D eigenvalue weighted by molar-refractivity contribution is 7.99. The van der Waals surface area contributed by atoms with E-state index in [-0.39, 0.29) is 5.28 Å². The first-order chi connectivity index (χ1) is 9.08. The van der Waals surface area contributed by atoms with E-state index in [0.717, 1.165) is 4.90 Å². The first-order valence-corrected chi connectivity index (χ1v) is 7.32. The summed E-state index contributed by atoms with van der Waals surface area (Å²) in [5.41, 5.74) is 0. The maximum Gasteiger partial charge on any atom is 0.228 e. The number of halogens is 3. The predicted octanol–water partition coefficient (Wildman–Crippen LogP) is 4.41. The molecule has 0 saturated heterocycles. The van der Waals surface area contributed by atoms with Gasteiger partial charge in [-0.3, -0.25) is 0 Å². The fourth-order valence-corrected chi connectivity index (χ4v) is 2.76. The highest BCUT2D eigenvalue weighted by Gasteiger charge is 2.09. The summed E-state index contributed by atoms with van der Waals surface area (Å²) >= 11 is 19.1. The highest BCUT2D eigenvalue weighted by Crippen LogP contribution is 2.33. The molecule has 0 bridgehead atoms. The van der Waals surface area contributed by atoms with Crippen molar-refractivity contribution in [2.75, 3.05) is 11.9 Å². The molecular formula is C11H9Cl3N4S. The van der Waals surface area contributed by atoms with Crippen molar-refractivity contribution in [1.82, 2.24) is 15.0 Å². The van der Waals surface area contributed by atoms with Crippen LogP contribution in [0.25, 0.3) is 0 Å². The molecule has 0 fully saturated rings. The van der Waals surface area contributed by atoms with Crippen molar-refractivity contribution in [2.24, 2.45) is 0 Å². The molecule has 1 aromatic heterocycles. The van der Waals surface area contributed by atoms with Gasteiger partial charge < -0.3 is 5.32 Å². The molecular weight excluding hydrogens is 327 g/mol. The van der Waals surface area contributed by atoms with Crippen LogP contribution >= 0.6 is 46.6 Å². The molecule has 1 heterocycles. The Balaban J connectivity index is 2.29. The van der Waals surface area contributed by atoms with Crippen molar-refractivity contribution in [2.45, 2.75) is 17.0 Å². The Bertz CT molecular complexity index is 594. The number of anilines is 1. The molecule has 0 spiro atoms. The summed E-state index contributed by atoms with van der Waals surface area (Å²) in [6.07, 6.45) is 0. The minimum Gasteiger partial charge on any atom is -0.354 e. The van der Waals surface area contributed by atoms with Gasteiger partial charge in [-0.15, -0.1) is 0 Å². The SMILES string of the molecule is CCNc1nc(Cl)nc(Sc2cc(Cl)ccc2Cl)n1. The Kier molecular flexibility index (Phi) is 5.10. The van der Waals surface area contributed by atoms with E-state index in [0.29, 0.717) is 27.7 Å². The van der Waals surface area contributed by atoms with Crippen molar-refractivity contribution in [1.29, 1.82) is 0 Å². The van der Waals surface area contributed by atoms with Gasteiger partial charge in [0.25, 0.3) is 0 Å². The standard InChI is InChI=1S/C11H9Cl3N4S/c1-2-15-10-16-9(14)17-11(18-10)19-8-5-6(12)3-4-7(8)13/h3-5H,2H2,1H3,(H,15,16,17,18). The predicted molar refractivity (Wildman–Crippen MR) is 79.6 cm³/mol. The first kappa shape index (κ1) is 14.7. The molecule has 8 heteroatoms. The topological polar surface area (TPSA) is 50.7 Å². The normalized spacial score (nSPS) is 10.5. The number of nitrogens with one attached hydrogen (secondary N) is 1. The lowest BCUT2D eigenvalue weighted by molar-refractivity contribution is 0.899. The molecule has 100 valence electrons. The third-order valence-electron chi connectivity index (χ3n) is 2.02. The van der Waals surface area contributed by atoms with E-state index < -0.39 is 0 Å². The number of nitrogens with zero attached hydrogens (tertiary/aromatic N) is 3. The molecule has 2 aromatic rings. The molecule has 0 aliphatic rings. The van der Waals surface area contributed by atoms with Crippen molar-refractivity contribution in [3.63, 3.8) is 0 Å². The van der Waals surface area contributed by atoms with Gasteiger partial charge in [-0.05, 0) is 48.5 Å². The monoisotopic (exact) mass is 334 g/mol. The second kappa shape index (κ2) is 6.61. The molecule has 1 N–H and O–H groups in total. The molecule has 2 rings (SSSR count). The van der Waals surface area contributed by atoms with E-state index in [1.54, 1.807) is 18.2 Å². The first-order valence-electron chi connectivity index (χ1n) is 5.37. The zero-order valence-electron chi connectivity index (χ0n) is 9.82. The van der Waals surface area contributed by atoms with Gasteiger partial charge in [-0.25, -0.2) is 0 Å². The number of hydrogen-bond acceptors (Lipinski definition) is 5. The number of benzene rings is 1. The Morgan fingerprint density at radius 1 is 1.16 bits per heavy atom. The lowest BCUT2D eigenvalue weighted by Crippen LogP contribution is -2.04. The van der Waals surface area contributed by atoms with Crippen LogP contribution in [-0.2, 0) is 0 Å². The summed E-state index contributed by atoms with van der Waals surface area (Å²) < 4.78 is 0. The van der Waals surface area contributed by atoms with Gasteiger partial charge in [-0.2, -0.15) is 15.0 Å². The molecule has 0 amide bonds. The fraction of sp³-hybridized carbons (Fsp3) is 0.182. The molecule has 1 aromatic carbocycles. The molecule has 0 radical (unpaired) electrons. The highest BCUT2D eigenvalue weighted by atomic mass is 35.5. The van der Waals surface area contributed by atoms with Gasteiger partial charge in [0.05, 0.1) is 5.02 Å². The third-order valence-corrected chi connectivity index (χ3v) is 3.79. The minimum atomic E-state index is 0.131. The maximum absolute atomic E-state index is 6.09. The summed E-state index contributed by atoms with van der Waals surface area (Å²) in [5, 5.41) is 4.75. The lowest BCUT2D eigenvalue weighted by Gasteiger charge is -2.06. The van der Waals surface area contributed by atoms with Crippen LogP contribution in [0.2, 0.25) is 15.3 Å². The van der Waals surface area contributed by atoms with Crippen LogP contribution < -0.4 is 5.32 Å². The van der Waals surface area contributed by atoms with Crippen LogP contribution in [0.1, 0.15) is 6.92 Å². The Morgan fingerprint density at radius 2 is 1.95 bits per heavy atom. The average Bonchev–Trinajstić information content (AvgIpc) is 2.33. The lowest BCUT2D eigenvalue weighted by atomic mass is 10.4. The van der Waals surface area contributed by atoms with Crippen molar-refractivity contribution in [3.8, 4) is 0 Å². The molecule has 0 atom stereocenters. The van der Waals surface area contributed by atoms with Crippen LogP contribution in [0.3, 0.4) is 0 Å². The molecule has 0 unspecified atom stereocenters. The van der Waals surface area contributed by atoms with Crippen molar-refractivity contribution in [3.05, 3.63) is 33.5 Å². The second-order valence-corrected chi connectivity index (χ2v) is 5.61. The molecule has 4 nitrogen and oxygen atoms in total. The van der Waals surface area contributed by atoms with Crippen molar-refractivity contribution >= 4 is 52.5 Å². The third kappa shape index (κ3) is 4.11. The minimum absolute atomic E-state index is 0.131. The second-order valence-electron chi connectivity index (χ2n) is 3.42. The van der Waals surface area contributed by atoms with E-state index in [4.69, 9.17) is 34.8 Å². The summed E-state index contributed by atoms with van der Waals surface area (Å²) in [7, 11) is 0. The zero-order chi connectivity index (χ0) is 13.8. The van der Waals surface area contributed by atoms with Crippen molar-refractivity contribution < 1.29 is 0 Å². The van der Waals surface area contributed by atoms with E-state index in [9.17, 15) is 0 Å². The number of rotatable bonds is 4. The van der Waals surface area contributed by atoms with Gasteiger partial charge in [0.1, 0.15) is 0 Å². The zero-order valence-corrected chi connectivity index (χ0v) is 12.9. The Labute approximate surface area is 129 Å². The molecule has 0 saturated carbocycles. The van der Waals surface area contributed by atoms with Crippen LogP contribution in [0, 0.1) is 0 Å². The van der Waals surface area contributed by atoms with Gasteiger partial charge in [-0.1, -0.05) is 23.2 Å². The van der Waals surface area contributed by atoms with Gasteiger partial charge in [0, 0.05) is 16.5 Å². The summed E-state index contributed by atoms with van der Waals surface area (Å²) in [6.45, 7) is 2.64. The molecule has 19 heavy (non-hydrogen) atoms. The van der Waals surface area contributed by atoms with Crippen LogP contribution in [-0.4, -0.2) is 21.5 Å². The van der Waals surface area contributed by atoms with Crippen LogP contribution in [0.4, 0.5) is 5.95 Å². The van der Waals surface area contributed by atoms with Crippen LogP contribution in [0.15, 0.2) is 28.3 Å². The summed E-state index contributed by atoms with van der Waals surface area (Å²) in [5.74, 6) is 0.433. The Hall–Kier alpha value is -0.750. The summed E-state index contributed by atoms with van der Waals surface area (Å²) in [4.78, 5) is 13.0. The average molecular weight is 336 g/mol. The summed E-state index contributed by atoms with van der Waals surface area (Å²) in [6, 6.07) is 5.19. The van der Waals surface area contributed by atoms with E-state index in [1.807, 2.05) is 6.92 Å². The Morgan fingerprint density at radius 3 is 2.68 bits per heavy atom. The van der Waals surface area contributed by atoms with E-state index in [2.05, 4.69) is 20.3 Å². The fourth-order valence-electron chi connectivity index (χ4n) is 1.27. The van der Waals surface area contributed by atoms with Gasteiger partial charge >= 0.3 is 0 Å². The maximum atomic E-state index is 6.09. The van der Waals surface area contributed by atoms with E-state index >= 15 is 0 Å². The number of aromatic nitrogens is 3. The van der Waals surface area contributed by atoms with Gasteiger partial charge in [0.15, 0.2) is 5.16 Å². The molecule has 0 aliphatic carbocycles. The van der Waals surface area contributed by atoms with E-state index in [1.165, 1.54) is 11.8 Å². The van der Waals surface area contributed by atoms with Crippen LogP contribution in [0.5, 0.6) is 0 Å². The number of hydrogen-bond donors (Lipinski definition) is 1. The quantitative estimate of drug-likeness (QED) is 0.896.